The summed E-state index contributed by atoms with van der Waals surface area (Å²) in [5, 5.41) is 2.62. The second kappa shape index (κ2) is 7.45. The number of Topliss-reactive ketones (excluding diaryl/α,β-unsaturated/α-hetero) is 1. The van der Waals surface area contributed by atoms with Crippen LogP contribution in [0.25, 0.3) is 0 Å². The Kier molecular flexibility index (Phi) is 6.24. The van der Waals surface area contributed by atoms with Crippen molar-refractivity contribution < 1.29 is 14.3 Å². The van der Waals surface area contributed by atoms with Crippen molar-refractivity contribution in [3.8, 4) is 0 Å². The summed E-state index contributed by atoms with van der Waals surface area (Å²) in [6.07, 6.45) is 0. The van der Waals surface area contributed by atoms with Gasteiger partial charge in [-0.2, -0.15) is 0 Å². The van der Waals surface area contributed by atoms with Crippen LogP contribution in [-0.4, -0.2) is 50.8 Å². The summed E-state index contributed by atoms with van der Waals surface area (Å²) in [6.45, 7) is 5.54. The van der Waals surface area contributed by atoms with Crippen LogP contribution >= 0.6 is 11.3 Å². The molecular formula is C12H20N2O3S. The number of carbonyl (C=O) groups excluding carboxylic acids is 1. The van der Waals surface area contributed by atoms with Gasteiger partial charge in [-0.1, -0.05) is 0 Å². The van der Waals surface area contributed by atoms with E-state index in [2.05, 4.69) is 16.8 Å². The number of methoxy groups -OCH3 is 2. The Morgan fingerprint density at radius 3 is 2.72 bits per heavy atom. The lowest BCUT2D eigenvalue weighted by atomic mass is 10.3. The molecule has 0 spiro atoms. The highest BCUT2D eigenvalue weighted by Crippen LogP contribution is 2.22. The third-order valence-electron chi connectivity index (χ3n) is 2.57. The van der Waals surface area contributed by atoms with Crippen molar-refractivity contribution in [3.05, 3.63) is 11.1 Å². The first kappa shape index (κ1) is 15.1. The van der Waals surface area contributed by atoms with Crippen LogP contribution in [-0.2, 0) is 9.47 Å². The zero-order valence-corrected chi connectivity index (χ0v) is 12.1. The van der Waals surface area contributed by atoms with Gasteiger partial charge >= 0.3 is 0 Å². The lowest BCUT2D eigenvalue weighted by molar-refractivity contribution is 0.101. The molecule has 0 bridgehead atoms. The van der Waals surface area contributed by atoms with Gasteiger partial charge in [-0.15, -0.1) is 11.3 Å². The molecule has 1 rings (SSSR count). The summed E-state index contributed by atoms with van der Waals surface area (Å²) >= 11 is 1.47. The lowest BCUT2D eigenvalue weighted by Crippen LogP contribution is -2.38. The minimum Gasteiger partial charge on any atom is -0.383 e. The van der Waals surface area contributed by atoms with Crippen molar-refractivity contribution in [3.63, 3.8) is 0 Å². The number of rotatable bonds is 8. The molecule has 18 heavy (non-hydrogen) atoms. The van der Waals surface area contributed by atoms with Crippen molar-refractivity contribution in [2.75, 3.05) is 38.9 Å². The number of ketones is 1. The average Bonchev–Trinajstić information content (AvgIpc) is 2.79. The molecule has 1 aromatic rings. The Hall–Kier alpha value is -0.980. The quantitative estimate of drug-likeness (QED) is 0.676. The maximum Gasteiger partial charge on any atom is 0.186 e. The van der Waals surface area contributed by atoms with Crippen LogP contribution in [0.5, 0.6) is 0 Å². The van der Waals surface area contributed by atoms with E-state index in [1.165, 1.54) is 18.3 Å². The number of ether oxygens (including phenoxy) is 2. The Morgan fingerprint density at radius 2 is 2.22 bits per heavy atom. The van der Waals surface area contributed by atoms with E-state index in [4.69, 9.17) is 9.47 Å². The number of carbonyl (C=O) groups is 1. The molecule has 0 radical (unpaired) electrons. The van der Waals surface area contributed by atoms with Crippen LogP contribution in [0.3, 0.4) is 0 Å². The van der Waals surface area contributed by atoms with Gasteiger partial charge in [0.05, 0.1) is 19.3 Å². The molecule has 102 valence electrons. The van der Waals surface area contributed by atoms with Crippen molar-refractivity contribution in [1.82, 2.24) is 4.98 Å². The molecule has 1 unspecified atom stereocenters. The summed E-state index contributed by atoms with van der Waals surface area (Å²) in [4.78, 5) is 17.7. The van der Waals surface area contributed by atoms with E-state index < -0.39 is 0 Å². The molecule has 1 heterocycles. The first-order valence-electron chi connectivity index (χ1n) is 5.81. The fourth-order valence-corrected chi connectivity index (χ4v) is 2.58. The fraction of sp³-hybridized carbons (Fsp3) is 0.667. The third kappa shape index (κ3) is 4.04. The molecule has 0 amide bonds. The van der Waals surface area contributed by atoms with Crippen LogP contribution in [0.15, 0.2) is 5.38 Å². The fourth-order valence-electron chi connectivity index (χ4n) is 1.58. The molecule has 0 N–H and O–H groups in total. The Balaban J connectivity index is 2.82. The number of aromatic nitrogens is 1. The maximum absolute atomic E-state index is 11.3. The highest BCUT2D eigenvalue weighted by atomic mass is 32.1. The molecular weight excluding hydrogens is 252 g/mol. The highest BCUT2D eigenvalue weighted by Gasteiger charge is 2.18. The minimum absolute atomic E-state index is 0.0106. The van der Waals surface area contributed by atoms with E-state index >= 15 is 0 Å². The van der Waals surface area contributed by atoms with Gasteiger partial charge < -0.3 is 14.4 Å². The van der Waals surface area contributed by atoms with Gasteiger partial charge in [-0.3, -0.25) is 4.79 Å². The Morgan fingerprint density at radius 1 is 1.50 bits per heavy atom. The van der Waals surface area contributed by atoms with E-state index in [1.807, 2.05) is 0 Å². The topological polar surface area (TPSA) is 51.7 Å². The van der Waals surface area contributed by atoms with Gasteiger partial charge in [0.25, 0.3) is 0 Å². The number of thiazole rings is 1. The van der Waals surface area contributed by atoms with E-state index in [-0.39, 0.29) is 11.8 Å². The zero-order chi connectivity index (χ0) is 13.5. The predicted octanol–water partition coefficient (Wildman–Crippen LogP) is 1.83. The van der Waals surface area contributed by atoms with Crippen molar-refractivity contribution in [2.24, 2.45) is 0 Å². The third-order valence-corrected chi connectivity index (χ3v) is 3.45. The van der Waals surface area contributed by atoms with E-state index in [0.717, 1.165) is 11.7 Å². The van der Waals surface area contributed by atoms with E-state index in [1.54, 1.807) is 19.6 Å². The summed E-state index contributed by atoms with van der Waals surface area (Å²) in [5.74, 6) is -0.0106. The van der Waals surface area contributed by atoms with Crippen LogP contribution in [0, 0.1) is 0 Å². The van der Waals surface area contributed by atoms with Crippen LogP contribution in [0.1, 0.15) is 24.3 Å². The normalized spacial score (nSPS) is 12.4. The SMILES string of the molecule is COCCN(c1nc(C(C)=O)cs1)C(C)COC. The van der Waals surface area contributed by atoms with Crippen molar-refractivity contribution in [2.45, 2.75) is 19.9 Å². The number of anilines is 1. The van der Waals surface area contributed by atoms with Crippen LogP contribution in [0.4, 0.5) is 5.13 Å². The lowest BCUT2D eigenvalue weighted by Gasteiger charge is -2.28. The van der Waals surface area contributed by atoms with E-state index in [0.29, 0.717) is 18.9 Å². The molecule has 0 aliphatic heterocycles. The highest BCUT2D eigenvalue weighted by molar-refractivity contribution is 7.13. The molecule has 6 heteroatoms. The summed E-state index contributed by atoms with van der Waals surface area (Å²) in [6, 6.07) is 0.191. The monoisotopic (exact) mass is 272 g/mol. The molecule has 0 saturated carbocycles. The smallest absolute Gasteiger partial charge is 0.186 e. The maximum atomic E-state index is 11.3. The van der Waals surface area contributed by atoms with Gasteiger partial charge in [0.1, 0.15) is 5.69 Å². The first-order valence-corrected chi connectivity index (χ1v) is 6.69. The molecule has 0 aliphatic carbocycles. The number of nitrogens with zero attached hydrogens (tertiary/aromatic N) is 2. The number of hydrogen-bond donors (Lipinski definition) is 0. The molecule has 0 aromatic carbocycles. The first-order chi connectivity index (χ1) is 8.60. The molecule has 0 saturated heterocycles. The second-order valence-corrected chi connectivity index (χ2v) is 4.90. The molecule has 1 aromatic heterocycles. The summed E-state index contributed by atoms with van der Waals surface area (Å²) < 4.78 is 10.3. The number of hydrogen-bond acceptors (Lipinski definition) is 6. The van der Waals surface area contributed by atoms with Gasteiger partial charge in [-0.05, 0) is 6.92 Å². The van der Waals surface area contributed by atoms with Gasteiger partial charge in [0.2, 0.25) is 0 Å². The van der Waals surface area contributed by atoms with Gasteiger partial charge in [0, 0.05) is 33.1 Å². The van der Waals surface area contributed by atoms with E-state index in [9.17, 15) is 4.79 Å². The average molecular weight is 272 g/mol. The summed E-state index contributed by atoms with van der Waals surface area (Å²) in [5.41, 5.74) is 0.516. The summed E-state index contributed by atoms with van der Waals surface area (Å²) in [7, 11) is 3.34. The van der Waals surface area contributed by atoms with Crippen LogP contribution < -0.4 is 4.90 Å². The van der Waals surface area contributed by atoms with Crippen molar-refractivity contribution >= 4 is 22.3 Å². The second-order valence-electron chi connectivity index (χ2n) is 4.06. The zero-order valence-electron chi connectivity index (χ0n) is 11.3. The predicted molar refractivity (Wildman–Crippen MR) is 72.7 cm³/mol. The van der Waals surface area contributed by atoms with Crippen LogP contribution in [0.2, 0.25) is 0 Å². The standard InChI is InChI=1S/C12H20N2O3S/c1-9(7-17-4)14(5-6-16-3)12-13-11(8-18-12)10(2)15/h8-9H,5-7H2,1-4H3. The minimum atomic E-state index is -0.0106. The van der Waals surface area contributed by atoms with Gasteiger partial charge in [0.15, 0.2) is 10.9 Å². The molecule has 5 nitrogen and oxygen atoms in total. The molecule has 0 fully saturated rings. The molecule has 1 atom stereocenters. The largest absolute Gasteiger partial charge is 0.383 e. The Labute approximate surface area is 112 Å². The van der Waals surface area contributed by atoms with Gasteiger partial charge in [-0.25, -0.2) is 4.98 Å². The Bertz CT molecular complexity index is 381. The van der Waals surface area contributed by atoms with Crippen molar-refractivity contribution in [1.29, 1.82) is 0 Å². The molecule has 0 aliphatic rings.